The highest BCUT2D eigenvalue weighted by atomic mass is 16.6. The molecule has 0 bridgehead atoms. The van der Waals surface area contributed by atoms with Crippen LogP contribution in [0.3, 0.4) is 0 Å². The molecular formula is C13H23NO6. The van der Waals surface area contributed by atoms with Crippen molar-refractivity contribution in [3.8, 4) is 0 Å². The van der Waals surface area contributed by atoms with E-state index in [1.54, 1.807) is 20.8 Å². The van der Waals surface area contributed by atoms with Crippen LogP contribution in [-0.2, 0) is 19.1 Å². The first kappa shape index (κ1) is 18.2. The molecule has 0 spiro atoms. The molecule has 2 N–H and O–H groups in total. The van der Waals surface area contributed by atoms with Gasteiger partial charge in [0.25, 0.3) is 0 Å². The fraction of sp³-hybridized carbons (Fsp3) is 0.769. The highest BCUT2D eigenvalue weighted by molar-refractivity contribution is 5.76. The number of carbonyl (C=O) groups is 3. The normalized spacial score (nSPS) is 12.4. The quantitative estimate of drug-likeness (QED) is 0.546. The number of carboxylic acids is 1. The van der Waals surface area contributed by atoms with Crippen LogP contribution in [0.4, 0.5) is 4.79 Å². The van der Waals surface area contributed by atoms with Gasteiger partial charge in [-0.15, -0.1) is 0 Å². The van der Waals surface area contributed by atoms with Crippen LogP contribution < -0.4 is 5.32 Å². The summed E-state index contributed by atoms with van der Waals surface area (Å²) >= 11 is 0. The number of hydrogen-bond donors (Lipinski definition) is 2. The van der Waals surface area contributed by atoms with Crippen molar-refractivity contribution in [3.63, 3.8) is 0 Å². The maximum Gasteiger partial charge on any atom is 0.407 e. The van der Waals surface area contributed by atoms with Crippen LogP contribution in [-0.4, -0.2) is 41.4 Å². The van der Waals surface area contributed by atoms with E-state index in [-0.39, 0.29) is 6.42 Å². The SMILES string of the molecule is CC(=O)OC(CCCCNC(=O)OC(C)(C)C)C(=O)O. The molecule has 116 valence electrons. The van der Waals surface area contributed by atoms with E-state index in [0.29, 0.717) is 19.4 Å². The first-order valence-electron chi connectivity index (χ1n) is 6.48. The van der Waals surface area contributed by atoms with Crippen LogP contribution in [0.2, 0.25) is 0 Å². The van der Waals surface area contributed by atoms with E-state index in [4.69, 9.17) is 9.84 Å². The Bertz CT molecular complexity index is 347. The van der Waals surface area contributed by atoms with Crippen molar-refractivity contribution in [1.82, 2.24) is 5.32 Å². The van der Waals surface area contributed by atoms with Crippen molar-refractivity contribution in [2.75, 3.05) is 6.54 Å². The molecule has 1 amide bonds. The van der Waals surface area contributed by atoms with E-state index in [1.807, 2.05) is 0 Å². The number of alkyl carbamates (subject to hydrolysis) is 1. The molecule has 0 aliphatic rings. The van der Waals surface area contributed by atoms with Crippen LogP contribution in [0.5, 0.6) is 0 Å². The molecular weight excluding hydrogens is 266 g/mol. The molecule has 0 rings (SSSR count). The van der Waals surface area contributed by atoms with E-state index in [0.717, 1.165) is 0 Å². The third kappa shape index (κ3) is 10.2. The molecule has 0 aliphatic carbocycles. The molecule has 0 aromatic rings. The summed E-state index contributed by atoms with van der Waals surface area (Å²) in [6.07, 6.45) is -0.337. The molecule has 0 heterocycles. The van der Waals surface area contributed by atoms with Gasteiger partial charge in [-0.1, -0.05) is 0 Å². The fourth-order valence-corrected chi connectivity index (χ4v) is 1.39. The lowest BCUT2D eigenvalue weighted by Crippen LogP contribution is -2.33. The second-order valence-corrected chi connectivity index (χ2v) is 5.36. The van der Waals surface area contributed by atoms with Crippen molar-refractivity contribution in [2.24, 2.45) is 0 Å². The van der Waals surface area contributed by atoms with Crippen LogP contribution >= 0.6 is 0 Å². The predicted molar refractivity (Wildman–Crippen MR) is 71.3 cm³/mol. The number of aliphatic carboxylic acids is 1. The number of amides is 1. The van der Waals surface area contributed by atoms with Crippen molar-refractivity contribution >= 4 is 18.0 Å². The van der Waals surface area contributed by atoms with Gasteiger partial charge < -0.3 is 19.9 Å². The summed E-state index contributed by atoms with van der Waals surface area (Å²) in [6, 6.07) is 0. The molecule has 0 radical (unpaired) electrons. The van der Waals surface area contributed by atoms with E-state index >= 15 is 0 Å². The zero-order valence-corrected chi connectivity index (χ0v) is 12.4. The largest absolute Gasteiger partial charge is 0.479 e. The summed E-state index contributed by atoms with van der Waals surface area (Å²) in [7, 11) is 0. The predicted octanol–water partition coefficient (Wildman–Crippen LogP) is 1.70. The van der Waals surface area contributed by atoms with Gasteiger partial charge in [-0.3, -0.25) is 4.79 Å². The number of ether oxygens (including phenoxy) is 2. The first-order chi connectivity index (χ1) is 9.11. The molecule has 0 aromatic carbocycles. The Labute approximate surface area is 118 Å². The Kier molecular flexibility index (Phi) is 7.64. The number of nitrogens with one attached hydrogen (secondary N) is 1. The molecule has 0 aromatic heterocycles. The minimum absolute atomic E-state index is 0.213. The first-order valence-corrected chi connectivity index (χ1v) is 6.48. The van der Waals surface area contributed by atoms with E-state index in [2.05, 4.69) is 10.1 Å². The smallest absolute Gasteiger partial charge is 0.407 e. The minimum atomic E-state index is -1.17. The van der Waals surface area contributed by atoms with Gasteiger partial charge in [-0.05, 0) is 40.0 Å². The standard InChI is InChI=1S/C13H23NO6/c1-9(15)19-10(11(16)17)7-5-6-8-14-12(18)20-13(2,3)4/h10H,5-8H2,1-4H3,(H,14,18)(H,16,17). The number of unbranched alkanes of at least 4 members (excludes halogenated alkanes) is 1. The van der Waals surface area contributed by atoms with Crippen molar-refractivity contribution in [2.45, 2.75) is 58.7 Å². The Morgan fingerprint density at radius 2 is 1.80 bits per heavy atom. The maximum absolute atomic E-state index is 11.3. The van der Waals surface area contributed by atoms with E-state index in [9.17, 15) is 14.4 Å². The fourth-order valence-electron chi connectivity index (χ4n) is 1.39. The molecule has 0 saturated carbocycles. The second kappa shape index (κ2) is 8.39. The molecule has 7 nitrogen and oxygen atoms in total. The van der Waals surface area contributed by atoms with Crippen molar-refractivity contribution in [3.05, 3.63) is 0 Å². The van der Waals surface area contributed by atoms with Gasteiger partial charge in [-0.2, -0.15) is 0 Å². The third-order valence-electron chi connectivity index (χ3n) is 2.14. The van der Waals surface area contributed by atoms with Crippen LogP contribution in [0.1, 0.15) is 47.0 Å². The van der Waals surface area contributed by atoms with Crippen LogP contribution in [0.15, 0.2) is 0 Å². The average molecular weight is 289 g/mol. The van der Waals surface area contributed by atoms with E-state index in [1.165, 1.54) is 6.92 Å². The lowest BCUT2D eigenvalue weighted by molar-refractivity contribution is -0.163. The average Bonchev–Trinajstić information content (AvgIpc) is 2.23. The number of carboxylic acid groups (broad SMARTS) is 1. The summed E-state index contributed by atoms with van der Waals surface area (Å²) in [5.41, 5.74) is -0.548. The Morgan fingerprint density at radius 3 is 2.25 bits per heavy atom. The van der Waals surface area contributed by atoms with Crippen LogP contribution in [0, 0.1) is 0 Å². The summed E-state index contributed by atoms with van der Waals surface area (Å²) in [5.74, 6) is -1.79. The van der Waals surface area contributed by atoms with E-state index < -0.39 is 29.7 Å². The molecule has 7 heteroatoms. The zero-order chi connectivity index (χ0) is 15.8. The number of esters is 1. The number of rotatable bonds is 7. The Morgan fingerprint density at radius 1 is 1.20 bits per heavy atom. The van der Waals surface area contributed by atoms with Gasteiger partial charge in [0.15, 0.2) is 6.10 Å². The summed E-state index contributed by atoms with van der Waals surface area (Å²) in [5, 5.41) is 11.4. The molecule has 0 fully saturated rings. The van der Waals surface area contributed by atoms with Gasteiger partial charge in [0.1, 0.15) is 5.60 Å². The van der Waals surface area contributed by atoms with Gasteiger partial charge >= 0.3 is 18.0 Å². The van der Waals surface area contributed by atoms with Crippen molar-refractivity contribution in [1.29, 1.82) is 0 Å². The monoisotopic (exact) mass is 289 g/mol. The molecule has 1 unspecified atom stereocenters. The Balaban J connectivity index is 3.82. The highest BCUT2D eigenvalue weighted by Gasteiger charge is 2.20. The van der Waals surface area contributed by atoms with Crippen LogP contribution in [0.25, 0.3) is 0 Å². The molecule has 0 aliphatic heterocycles. The molecule has 1 atom stereocenters. The minimum Gasteiger partial charge on any atom is -0.479 e. The maximum atomic E-state index is 11.3. The molecule has 20 heavy (non-hydrogen) atoms. The number of carbonyl (C=O) groups excluding carboxylic acids is 2. The summed E-state index contributed by atoms with van der Waals surface area (Å²) in [4.78, 5) is 32.8. The van der Waals surface area contributed by atoms with Gasteiger partial charge in [0, 0.05) is 13.5 Å². The van der Waals surface area contributed by atoms with Gasteiger partial charge in [0.2, 0.25) is 0 Å². The van der Waals surface area contributed by atoms with Crippen molar-refractivity contribution < 1.29 is 29.0 Å². The topological polar surface area (TPSA) is 102 Å². The lowest BCUT2D eigenvalue weighted by Gasteiger charge is -2.19. The summed E-state index contributed by atoms with van der Waals surface area (Å²) < 4.78 is 9.70. The number of hydrogen-bond acceptors (Lipinski definition) is 5. The highest BCUT2D eigenvalue weighted by Crippen LogP contribution is 2.07. The second-order valence-electron chi connectivity index (χ2n) is 5.36. The lowest BCUT2D eigenvalue weighted by atomic mass is 10.1. The summed E-state index contributed by atoms with van der Waals surface area (Å²) in [6.45, 7) is 6.84. The third-order valence-corrected chi connectivity index (χ3v) is 2.14. The molecule has 0 saturated heterocycles. The van der Waals surface area contributed by atoms with Gasteiger partial charge in [0.05, 0.1) is 0 Å². The zero-order valence-electron chi connectivity index (χ0n) is 12.4. The van der Waals surface area contributed by atoms with Gasteiger partial charge in [-0.25, -0.2) is 9.59 Å². The Hall–Kier alpha value is -1.79.